The van der Waals surface area contributed by atoms with Gasteiger partial charge in [-0.15, -0.1) is 0 Å². The second-order valence-electron chi connectivity index (χ2n) is 5.39. The molecule has 3 rings (SSSR count). The van der Waals surface area contributed by atoms with Gasteiger partial charge in [0.05, 0.1) is 12.2 Å². The van der Waals surface area contributed by atoms with Crippen LogP contribution in [0.5, 0.6) is 5.88 Å². The van der Waals surface area contributed by atoms with Gasteiger partial charge < -0.3 is 14.8 Å². The van der Waals surface area contributed by atoms with Gasteiger partial charge in [0.15, 0.2) is 0 Å². The monoisotopic (exact) mass is 263 g/mol. The first-order valence-electron chi connectivity index (χ1n) is 7.12. The maximum Gasteiger partial charge on any atom is 0.216 e. The van der Waals surface area contributed by atoms with Gasteiger partial charge in [-0.3, -0.25) is 0 Å². The van der Waals surface area contributed by atoms with Crippen LogP contribution >= 0.6 is 0 Å². The molecule has 1 atom stereocenters. The smallest absolute Gasteiger partial charge is 0.216 e. The number of nitrogens with zero attached hydrogens (tertiary/aromatic N) is 2. The van der Waals surface area contributed by atoms with Crippen LogP contribution in [-0.4, -0.2) is 41.4 Å². The van der Waals surface area contributed by atoms with Gasteiger partial charge in [0, 0.05) is 18.2 Å². The molecule has 2 aliphatic heterocycles. The lowest BCUT2D eigenvalue weighted by molar-refractivity contribution is -0.0205. The Morgan fingerprint density at radius 3 is 3.05 bits per heavy atom. The minimum Gasteiger partial charge on any atom is -0.472 e. The van der Waals surface area contributed by atoms with Crippen LogP contribution in [0.3, 0.4) is 0 Å². The Balaban J connectivity index is 1.61. The highest BCUT2D eigenvalue weighted by Gasteiger charge is 2.42. The van der Waals surface area contributed by atoms with Crippen molar-refractivity contribution in [3.05, 3.63) is 18.1 Å². The number of hydrogen-bond donors (Lipinski definition) is 1. The molecule has 19 heavy (non-hydrogen) atoms. The van der Waals surface area contributed by atoms with Gasteiger partial charge in [0.25, 0.3) is 0 Å². The van der Waals surface area contributed by atoms with Gasteiger partial charge in [-0.1, -0.05) is 6.92 Å². The molecular weight excluding hydrogens is 242 g/mol. The van der Waals surface area contributed by atoms with Crippen LogP contribution in [0.25, 0.3) is 0 Å². The molecule has 0 radical (unpaired) electrons. The fourth-order valence-corrected chi connectivity index (χ4v) is 2.91. The summed E-state index contributed by atoms with van der Waals surface area (Å²) in [5.74, 6) is 0.673. The average Bonchev–Trinajstić information content (AvgIpc) is 2.82. The molecule has 1 spiro atoms. The van der Waals surface area contributed by atoms with Gasteiger partial charge in [0.1, 0.15) is 12.4 Å². The summed E-state index contributed by atoms with van der Waals surface area (Å²) in [7, 11) is 0. The maximum absolute atomic E-state index is 6.01. The molecule has 0 amide bonds. The molecular formula is C14H21N3O2. The summed E-state index contributed by atoms with van der Waals surface area (Å²) in [6.07, 6.45) is 5.73. The molecule has 0 aromatic carbocycles. The fourth-order valence-electron chi connectivity index (χ4n) is 2.91. The summed E-state index contributed by atoms with van der Waals surface area (Å²) >= 11 is 0. The van der Waals surface area contributed by atoms with Crippen LogP contribution < -0.4 is 10.1 Å². The number of aromatic nitrogens is 2. The summed E-state index contributed by atoms with van der Waals surface area (Å²) in [6, 6.07) is 1.92. The van der Waals surface area contributed by atoms with Gasteiger partial charge in [-0.2, -0.15) is 0 Å². The first-order valence-corrected chi connectivity index (χ1v) is 7.12. The van der Waals surface area contributed by atoms with Gasteiger partial charge in [0.2, 0.25) is 5.88 Å². The van der Waals surface area contributed by atoms with Crippen molar-refractivity contribution >= 4 is 0 Å². The van der Waals surface area contributed by atoms with E-state index in [4.69, 9.17) is 9.47 Å². The molecule has 1 aromatic heterocycles. The number of piperidine rings is 1. The van der Waals surface area contributed by atoms with E-state index in [1.54, 1.807) is 6.33 Å². The average molecular weight is 263 g/mol. The van der Waals surface area contributed by atoms with Gasteiger partial charge in [-0.05, 0) is 32.4 Å². The maximum atomic E-state index is 6.01. The quantitative estimate of drug-likeness (QED) is 0.891. The van der Waals surface area contributed by atoms with Crippen LogP contribution in [0.2, 0.25) is 0 Å². The summed E-state index contributed by atoms with van der Waals surface area (Å²) < 4.78 is 12.0. The number of ether oxygens (including phenoxy) is 2. The number of hydrogen-bond acceptors (Lipinski definition) is 5. The van der Waals surface area contributed by atoms with Crippen LogP contribution in [0.4, 0.5) is 0 Å². The van der Waals surface area contributed by atoms with E-state index in [1.807, 2.05) is 6.07 Å². The van der Waals surface area contributed by atoms with E-state index in [-0.39, 0.29) is 11.7 Å². The number of aryl methyl sites for hydroxylation is 1. The Morgan fingerprint density at radius 1 is 1.42 bits per heavy atom. The molecule has 0 saturated carbocycles. The Bertz CT molecular complexity index is 432. The van der Waals surface area contributed by atoms with E-state index in [2.05, 4.69) is 22.2 Å². The predicted octanol–water partition coefficient (Wildman–Crippen LogP) is 1.33. The summed E-state index contributed by atoms with van der Waals surface area (Å²) in [5.41, 5.74) is 1.05. The Kier molecular flexibility index (Phi) is 3.66. The van der Waals surface area contributed by atoms with Crippen LogP contribution in [0.1, 0.15) is 31.9 Å². The van der Waals surface area contributed by atoms with Crippen molar-refractivity contribution < 1.29 is 9.47 Å². The second-order valence-corrected chi connectivity index (χ2v) is 5.39. The van der Waals surface area contributed by atoms with E-state index >= 15 is 0 Å². The van der Waals surface area contributed by atoms with Crippen molar-refractivity contribution in [2.45, 2.75) is 44.3 Å². The molecule has 104 valence electrons. The van der Waals surface area contributed by atoms with E-state index in [9.17, 15) is 0 Å². The van der Waals surface area contributed by atoms with E-state index in [0.29, 0.717) is 12.5 Å². The second kappa shape index (κ2) is 5.43. The lowest BCUT2D eigenvalue weighted by Crippen LogP contribution is -2.41. The van der Waals surface area contributed by atoms with Crippen molar-refractivity contribution in [1.82, 2.24) is 15.3 Å². The third-order valence-corrected chi connectivity index (χ3v) is 4.04. The zero-order chi connectivity index (χ0) is 13.1. The Labute approximate surface area is 113 Å². The lowest BCUT2D eigenvalue weighted by atomic mass is 9.89. The minimum atomic E-state index is 0.0382. The molecule has 2 fully saturated rings. The highest BCUT2D eigenvalue weighted by Crippen LogP contribution is 2.35. The first-order chi connectivity index (χ1) is 9.30. The largest absolute Gasteiger partial charge is 0.472 e. The third-order valence-electron chi connectivity index (χ3n) is 4.04. The fraction of sp³-hybridized carbons (Fsp3) is 0.714. The molecule has 0 bridgehead atoms. The van der Waals surface area contributed by atoms with Gasteiger partial charge in [-0.25, -0.2) is 9.97 Å². The SMILES string of the molecule is CCc1cc(OC2COC3(CCNCC3)C2)ncn1. The zero-order valence-electron chi connectivity index (χ0n) is 11.4. The van der Waals surface area contributed by atoms with Gasteiger partial charge >= 0.3 is 0 Å². The van der Waals surface area contributed by atoms with Crippen molar-refractivity contribution in [3.8, 4) is 5.88 Å². The Morgan fingerprint density at radius 2 is 2.26 bits per heavy atom. The third kappa shape index (κ3) is 2.87. The van der Waals surface area contributed by atoms with Crippen LogP contribution in [0.15, 0.2) is 12.4 Å². The summed E-state index contributed by atoms with van der Waals surface area (Å²) in [5, 5.41) is 3.37. The minimum absolute atomic E-state index is 0.0382. The molecule has 3 heterocycles. The molecule has 2 saturated heterocycles. The van der Waals surface area contributed by atoms with Crippen molar-refractivity contribution in [3.63, 3.8) is 0 Å². The van der Waals surface area contributed by atoms with Crippen molar-refractivity contribution in [1.29, 1.82) is 0 Å². The molecule has 1 aromatic rings. The van der Waals surface area contributed by atoms with E-state index < -0.39 is 0 Å². The molecule has 2 aliphatic rings. The van der Waals surface area contributed by atoms with Crippen LogP contribution in [-0.2, 0) is 11.2 Å². The predicted molar refractivity (Wildman–Crippen MR) is 71.2 cm³/mol. The highest BCUT2D eigenvalue weighted by atomic mass is 16.6. The molecule has 5 heteroatoms. The topological polar surface area (TPSA) is 56.3 Å². The summed E-state index contributed by atoms with van der Waals surface area (Å²) in [6.45, 7) is 4.83. The normalized spacial score (nSPS) is 25.6. The summed E-state index contributed by atoms with van der Waals surface area (Å²) in [4.78, 5) is 8.37. The lowest BCUT2D eigenvalue weighted by Gasteiger charge is -2.32. The van der Waals surface area contributed by atoms with Crippen LogP contribution in [0, 0.1) is 0 Å². The first kappa shape index (κ1) is 12.8. The van der Waals surface area contributed by atoms with E-state index in [0.717, 1.165) is 44.5 Å². The highest BCUT2D eigenvalue weighted by molar-refractivity contribution is 5.14. The number of nitrogens with one attached hydrogen (secondary N) is 1. The Hall–Kier alpha value is -1.20. The standard InChI is InChI=1S/C14H21N3O2/c1-2-11-7-13(17-10-16-11)19-12-8-14(18-9-12)3-5-15-6-4-14/h7,10,12,15H,2-6,8-9H2,1H3. The zero-order valence-corrected chi connectivity index (χ0v) is 11.4. The number of rotatable bonds is 3. The molecule has 0 aliphatic carbocycles. The van der Waals surface area contributed by atoms with Crippen molar-refractivity contribution in [2.24, 2.45) is 0 Å². The molecule has 1 N–H and O–H groups in total. The molecule has 5 nitrogen and oxygen atoms in total. The van der Waals surface area contributed by atoms with E-state index in [1.165, 1.54) is 0 Å². The van der Waals surface area contributed by atoms with Crippen molar-refractivity contribution in [2.75, 3.05) is 19.7 Å². The molecule has 1 unspecified atom stereocenters.